The minimum absolute atomic E-state index is 0.0524. The Morgan fingerprint density at radius 2 is 1.87 bits per heavy atom. The van der Waals surface area contributed by atoms with E-state index in [1.807, 2.05) is 6.07 Å². The fourth-order valence-corrected chi connectivity index (χ4v) is 4.80. The molecule has 156 valence electrons. The van der Waals surface area contributed by atoms with E-state index in [9.17, 15) is 19.7 Å². The number of fused-ring (bicyclic) bond motifs is 1. The Balaban J connectivity index is 1.33. The number of hydrogen-bond acceptors (Lipinski definition) is 6. The molecule has 0 aliphatic carbocycles. The van der Waals surface area contributed by atoms with Gasteiger partial charge in [0.2, 0.25) is 11.8 Å². The summed E-state index contributed by atoms with van der Waals surface area (Å²) in [6.45, 7) is 2.35. The summed E-state index contributed by atoms with van der Waals surface area (Å²) in [5.74, 6) is -0.240. The number of piperazine rings is 1. The van der Waals surface area contributed by atoms with Crippen molar-refractivity contribution in [1.82, 2.24) is 4.90 Å². The lowest BCUT2D eigenvalue weighted by Gasteiger charge is -2.36. The smallest absolute Gasteiger partial charge is 0.269 e. The number of nitrogens with one attached hydrogen (secondary N) is 1. The third-order valence-electron chi connectivity index (χ3n) is 5.18. The Kier molecular flexibility index (Phi) is 5.83. The molecule has 2 amide bonds. The van der Waals surface area contributed by atoms with Crippen molar-refractivity contribution in [3.8, 4) is 0 Å². The molecule has 2 aromatic carbocycles. The lowest BCUT2D eigenvalue weighted by atomic mass is 10.2. The molecule has 8 nitrogen and oxygen atoms in total. The van der Waals surface area contributed by atoms with E-state index in [2.05, 4.69) is 10.2 Å². The van der Waals surface area contributed by atoms with Crippen LogP contribution in [0.5, 0.6) is 0 Å². The van der Waals surface area contributed by atoms with E-state index >= 15 is 0 Å². The van der Waals surface area contributed by atoms with E-state index in [4.69, 9.17) is 11.6 Å². The van der Waals surface area contributed by atoms with Gasteiger partial charge >= 0.3 is 0 Å². The molecule has 2 heterocycles. The number of nitro benzene ring substituents is 1. The molecule has 2 aliphatic rings. The van der Waals surface area contributed by atoms with Crippen LogP contribution in [0.4, 0.5) is 17.1 Å². The van der Waals surface area contributed by atoms with E-state index in [1.54, 1.807) is 29.2 Å². The van der Waals surface area contributed by atoms with Gasteiger partial charge < -0.3 is 15.1 Å². The highest BCUT2D eigenvalue weighted by Gasteiger charge is 2.31. The van der Waals surface area contributed by atoms with Crippen LogP contribution < -0.4 is 10.2 Å². The van der Waals surface area contributed by atoms with Crippen LogP contribution in [0.25, 0.3) is 0 Å². The van der Waals surface area contributed by atoms with E-state index in [-0.39, 0.29) is 23.9 Å². The molecule has 30 heavy (non-hydrogen) atoms. The van der Waals surface area contributed by atoms with Gasteiger partial charge in [-0.3, -0.25) is 19.7 Å². The average molecular weight is 447 g/mol. The van der Waals surface area contributed by atoms with Crippen molar-refractivity contribution >= 4 is 52.2 Å². The van der Waals surface area contributed by atoms with Crippen molar-refractivity contribution in [1.29, 1.82) is 0 Å². The summed E-state index contributed by atoms with van der Waals surface area (Å²) in [7, 11) is 0. The monoisotopic (exact) mass is 446 g/mol. The summed E-state index contributed by atoms with van der Waals surface area (Å²) in [6, 6.07) is 11.7. The van der Waals surface area contributed by atoms with Gasteiger partial charge in [0, 0.05) is 60.3 Å². The lowest BCUT2D eigenvalue weighted by Crippen LogP contribution is -2.49. The third-order valence-corrected chi connectivity index (χ3v) is 6.69. The maximum atomic E-state index is 12.8. The lowest BCUT2D eigenvalue weighted by molar-refractivity contribution is -0.384. The fourth-order valence-electron chi connectivity index (χ4n) is 3.54. The summed E-state index contributed by atoms with van der Waals surface area (Å²) in [5.41, 5.74) is 1.63. The molecule has 0 bridgehead atoms. The first-order valence-electron chi connectivity index (χ1n) is 9.45. The van der Waals surface area contributed by atoms with Crippen LogP contribution in [0.3, 0.4) is 0 Å². The maximum absolute atomic E-state index is 12.8. The van der Waals surface area contributed by atoms with E-state index in [1.165, 1.54) is 23.9 Å². The standard InChI is InChI=1S/C20H19ClN4O4S/c21-13-1-6-17-16(11-13)22-20(27)18(30-17)12-19(26)24-9-7-23(8-10-24)14-2-4-15(5-3-14)25(28)29/h1-6,11,18H,7-10,12H2,(H,22,27)/t18-/m0/s1. The second-order valence-corrected chi connectivity index (χ2v) is 8.76. The zero-order valence-corrected chi connectivity index (χ0v) is 17.5. The van der Waals surface area contributed by atoms with Gasteiger partial charge in [-0.25, -0.2) is 0 Å². The number of rotatable bonds is 4. The van der Waals surface area contributed by atoms with Gasteiger partial charge in [0.25, 0.3) is 5.69 Å². The first-order valence-corrected chi connectivity index (χ1v) is 10.7. The van der Waals surface area contributed by atoms with Crippen LogP contribution in [0.15, 0.2) is 47.4 Å². The highest BCUT2D eigenvalue weighted by atomic mass is 35.5. The minimum atomic E-state index is -0.473. The van der Waals surface area contributed by atoms with Crippen LogP contribution in [-0.4, -0.2) is 53.1 Å². The molecule has 10 heteroatoms. The maximum Gasteiger partial charge on any atom is 0.269 e. The number of non-ortho nitro benzene ring substituents is 1. The van der Waals surface area contributed by atoms with E-state index in [0.29, 0.717) is 36.9 Å². The number of nitro groups is 1. The van der Waals surface area contributed by atoms with Crippen molar-refractivity contribution in [2.45, 2.75) is 16.6 Å². The van der Waals surface area contributed by atoms with Gasteiger partial charge in [-0.15, -0.1) is 11.8 Å². The molecule has 2 aromatic rings. The Morgan fingerprint density at radius 1 is 1.17 bits per heavy atom. The van der Waals surface area contributed by atoms with E-state index in [0.717, 1.165) is 10.6 Å². The highest BCUT2D eigenvalue weighted by Crippen LogP contribution is 2.38. The molecular formula is C20H19ClN4O4S. The summed E-state index contributed by atoms with van der Waals surface area (Å²) in [5, 5.41) is 13.7. The summed E-state index contributed by atoms with van der Waals surface area (Å²) < 4.78 is 0. The van der Waals surface area contributed by atoms with Gasteiger partial charge in [-0.2, -0.15) is 0 Å². The van der Waals surface area contributed by atoms with Gasteiger partial charge in [0.05, 0.1) is 15.9 Å². The first kappa shape index (κ1) is 20.5. The number of thioether (sulfide) groups is 1. The van der Waals surface area contributed by atoms with Crippen molar-refractivity contribution < 1.29 is 14.5 Å². The molecule has 0 aromatic heterocycles. The van der Waals surface area contributed by atoms with Crippen LogP contribution in [0.2, 0.25) is 5.02 Å². The topological polar surface area (TPSA) is 95.8 Å². The predicted octanol–water partition coefficient (Wildman–Crippen LogP) is 3.40. The van der Waals surface area contributed by atoms with Crippen LogP contribution in [0, 0.1) is 10.1 Å². The van der Waals surface area contributed by atoms with Crippen LogP contribution in [-0.2, 0) is 9.59 Å². The number of hydrogen-bond donors (Lipinski definition) is 1. The second kappa shape index (κ2) is 8.53. The number of amides is 2. The second-order valence-electron chi connectivity index (χ2n) is 7.08. The van der Waals surface area contributed by atoms with Gasteiger partial charge in [-0.1, -0.05) is 11.6 Å². The molecule has 4 rings (SSSR count). The molecule has 1 fully saturated rings. The zero-order chi connectivity index (χ0) is 21.3. The number of carbonyl (C=O) groups excluding carboxylic acids is 2. The molecule has 1 N–H and O–H groups in total. The average Bonchev–Trinajstić information content (AvgIpc) is 2.74. The van der Waals surface area contributed by atoms with Crippen LogP contribution in [0.1, 0.15) is 6.42 Å². The number of nitrogens with zero attached hydrogens (tertiary/aromatic N) is 3. The van der Waals surface area contributed by atoms with E-state index < -0.39 is 10.2 Å². The minimum Gasteiger partial charge on any atom is -0.368 e. The normalized spacial score (nSPS) is 18.6. The Bertz CT molecular complexity index is 993. The largest absolute Gasteiger partial charge is 0.368 e. The quantitative estimate of drug-likeness (QED) is 0.571. The van der Waals surface area contributed by atoms with Crippen molar-refractivity contribution in [3.63, 3.8) is 0 Å². The third kappa shape index (κ3) is 4.36. The zero-order valence-electron chi connectivity index (χ0n) is 15.9. The highest BCUT2D eigenvalue weighted by molar-refractivity contribution is 8.01. The van der Waals surface area contributed by atoms with Gasteiger partial charge in [0.1, 0.15) is 0 Å². The summed E-state index contributed by atoms with van der Waals surface area (Å²) >= 11 is 7.35. The number of anilines is 2. The Hall–Kier alpha value is -2.78. The fraction of sp³-hybridized carbons (Fsp3) is 0.300. The molecule has 0 spiro atoms. The Labute approximate surface area is 182 Å². The van der Waals surface area contributed by atoms with Crippen molar-refractivity contribution in [2.75, 3.05) is 36.4 Å². The predicted molar refractivity (Wildman–Crippen MR) is 116 cm³/mol. The van der Waals surface area contributed by atoms with Crippen LogP contribution >= 0.6 is 23.4 Å². The van der Waals surface area contributed by atoms with Gasteiger partial charge in [0.15, 0.2) is 0 Å². The molecule has 2 aliphatic heterocycles. The van der Waals surface area contributed by atoms with Gasteiger partial charge in [-0.05, 0) is 30.3 Å². The summed E-state index contributed by atoms with van der Waals surface area (Å²) in [6.07, 6.45) is 0.135. The number of benzene rings is 2. The number of halogens is 1. The molecule has 1 atom stereocenters. The molecule has 1 saturated heterocycles. The molecule has 0 saturated carbocycles. The summed E-state index contributed by atoms with van der Waals surface area (Å²) in [4.78, 5) is 40.3. The first-order chi connectivity index (χ1) is 14.4. The molecular weight excluding hydrogens is 428 g/mol. The van der Waals surface area contributed by atoms with Crippen molar-refractivity contribution in [2.24, 2.45) is 0 Å². The Morgan fingerprint density at radius 3 is 2.53 bits per heavy atom. The number of carbonyl (C=O) groups is 2. The SMILES string of the molecule is O=C1Nc2cc(Cl)ccc2S[C@H]1CC(=O)N1CCN(c2ccc([N+](=O)[O-])cc2)CC1. The molecule has 0 unspecified atom stereocenters. The molecule has 0 radical (unpaired) electrons. The van der Waals surface area contributed by atoms with Crippen molar-refractivity contribution in [3.05, 3.63) is 57.6 Å².